The summed E-state index contributed by atoms with van der Waals surface area (Å²) < 4.78 is 5.90. The van der Waals surface area contributed by atoms with Crippen LogP contribution in [-0.4, -0.2) is 11.9 Å². The van der Waals surface area contributed by atoms with Crippen molar-refractivity contribution in [2.24, 2.45) is 0 Å². The first-order valence-electron chi connectivity index (χ1n) is 6.57. The molecule has 0 N–H and O–H groups in total. The number of carbonyl (C=O) groups excluding carboxylic acids is 1. The molecule has 2 rings (SSSR count). The average molecular weight is 232 g/mol. The van der Waals surface area contributed by atoms with Gasteiger partial charge in [0.05, 0.1) is 6.10 Å². The molecule has 2 nitrogen and oxygen atoms in total. The Morgan fingerprint density at radius 2 is 2.00 bits per heavy atom. The van der Waals surface area contributed by atoms with Crippen LogP contribution in [0.4, 0.5) is 0 Å². The zero-order chi connectivity index (χ0) is 12.3. The molecule has 0 aromatic heterocycles. The van der Waals surface area contributed by atoms with E-state index in [0.717, 1.165) is 42.6 Å². The number of carbonyl (C=O) groups is 1. The Kier molecular flexibility index (Phi) is 3.82. The number of ether oxygens (including phenoxy) is 1. The molecule has 0 atom stereocenters. The van der Waals surface area contributed by atoms with Gasteiger partial charge in [-0.2, -0.15) is 0 Å². The van der Waals surface area contributed by atoms with Crippen molar-refractivity contribution in [2.45, 2.75) is 52.1 Å². The lowest BCUT2D eigenvalue weighted by Gasteiger charge is -2.19. The smallest absolute Gasteiger partial charge is 0.163 e. The number of rotatable bonds is 4. The highest BCUT2D eigenvalue weighted by molar-refractivity contribution is 5.98. The van der Waals surface area contributed by atoms with Crippen molar-refractivity contribution in [3.8, 4) is 5.75 Å². The van der Waals surface area contributed by atoms with Crippen LogP contribution >= 0.6 is 0 Å². The summed E-state index contributed by atoms with van der Waals surface area (Å²) in [6, 6.07) is 5.90. The maximum atomic E-state index is 11.7. The van der Waals surface area contributed by atoms with Crippen molar-refractivity contribution in [2.75, 3.05) is 0 Å². The van der Waals surface area contributed by atoms with Crippen molar-refractivity contribution in [1.82, 2.24) is 0 Å². The third-order valence-electron chi connectivity index (χ3n) is 3.44. The molecule has 0 bridgehead atoms. The second-order valence-electron chi connectivity index (χ2n) is 4.65. The summed E-state index contributed by atoms with van der Waals surface area (Å²) in [4.78, 5) is 11.7. The van der Waals surface area contributed by atoms with E-state index in [-0.39, 0.29) is 11.9 Å². The first-order chi connectivity index (χ1) is 8.24. The van der Waals surface area contributed by atoms with Crippen molar-refractivity contribution >= 4 is 5.78 Å². The van der Waals surface area contributed by atoms with Crippen LogP contribution in [0.15, 0.2) is 18.2 Å². The Labute approximate surface area is 103 Å². The van der Waals surface area contributed by atoms with E-state index >= 15 is 0 Å². The van der Waals surface area contributed by atoms with E-state index < -0.39 is 0 Å². The van der Waals surface area contributed by atoms with Crippen LogP contribution in [0, 0.1) is 0 Å². The predicted molar refractivity (Wildman–Crippen MR) is 68.7 cm³/mol. The van der Waals surface area contributed by atoms with Crippen molar-refractivity contribution in [1.29, 1.82) is 0 Å². The fraction of sp³-hybridized carbons (Fsp3) is 0.533. The molecule has 2 heteroatoms. The zero-order valence-corrected chi connectivity index (χ0v) is 10.7. The zero-order valence-electron chi connectivity index (χ0n) is 10.7. The summed E-state index contributed by atoms with van der Waals surface area (Å²) in [5.74, 6) is 1.19. The third kappa shape index (κ3) is 2.68. The van der Waals surface area contributed by atoms with E-state index in [1.165, 1.54) is 0 Å². The molecule has 1 aromatic rings. The highest BCUT2D eigenvalue weighted by atomic mass is 16.5. The molecule has 0 fully saturated rings. The van der Waals surface area contributed by atoms with E-state index in [1.54, 1.807) is 0 Å². The normalized spacial score (nSPS) is 14.9. The second kappa shape index (κ2) is 5.35. The summed E-state index contributed by atoms with van der Waals surface area (Å²) in [6.45, 7) is 4.27. The molecule has 0 radical (unpaired) electrons. The van der Waals surface area contributed by atoms with Gasteiger partial charge in [-0.25, -0.2) is 0 Å². The Morgan fingerprint density at radius 1 is 1.24 bits per heavy atom. The van der Waals surface area contributed by atoms with E-state index in [4.69, 9.17) is 4.74 Å². The summed E-state index contributed by atoms with van der Waals surface area (Å²) >= 11 is 0. The minimum atomic E-state index is 0.278. The molecule has 0 unspecified atom stereocenters. The SMILES string of the molecule is CCC(CC)Oc1ccc2c(c1)CCCC2=O. The minimum Gasteiger partial charge on any atom is -0.490 e. The molecule has 17 heavy (non-hydrogen) atoms. The molecule has 0 heterocycles. The van der Waals surface area contributed by atoms with E-state index in [2.05, 4.69) is 13.8 Å². The van der Waals surface area contributed by atoms with E-state index in [1.807, 2.05) is 18.2 Å². The van der Waals surface area contributed by atoms with Gasteiger partial charge in [0, 0.05) is 12.0 Å². The Bertz CT molecular complexity index is 405. The van der Waals surface area contributed by atoms with Crippen LogP contribution in [0.2, 0.25) is 0 Å². The highest BCUT2D eigenvalue weighted by Crippen LogP contribution is 2.26. The van der Waals surface area contributed by atoms with Gasteiger partial charge in [-0.15, -0.1) is 0 Å². The lowest BCUT2D eigenvalue weighted by Crippen LogP contribution is -2.15. The van der Waals surface area contributed by atoms with Crippen LogP contribution in [-0.2, 0) is 6.42 Å². The molecule has 0 aliphatic heterocycles. The summed E-state index contributed by atoms with van der Waals surface area (Å²) in [5.41, 5.74) is 2.05. The van der Waals surface area contributed by atoms with Crippen LogP contribution < -0.4 is 4.74 Å². The maximum absolute atomic E-state index is 11.7. The maximum Gasteiger partial charge on any atom is 0.163 e. The van der Waals surface area contributed by atoms with Crippen LogP contribution in [0.1, 0.15) is 55.5 Å². The van der Waals surface area contributed by atoms with Gasteiger partial charge in [-0.3, -0.25) is 4.79 Å². The van der Waals surface area contributed by atoms with Crippen LogP contribution in [0.25, 0.3) is 0 Å². The monoisotopic (exact) mass is 232 g/mol. The molecule has 0 amide bonds. The Balaban J connectivity index is 2.18. The molecule has 0 saturated carbocycles. The Morgan fingerprint density at radius 3 is 2.71 bits per heavy atom. The molecule has 0 saturated heterocycles. The average Bonchev–Trinajstić information content (AvgIpc) is 2.36. The first kappa shape index (κ1) is 12.2. The Hall–Kier alpha value is -1.31. The largest absolute Gasteiger partial charge is 0.490 e. The molecular formula is C15H20O2. The number of aryl methyl sites for hydroxylation is 1. The van der Waals surface area contributed by atoms with Gasteiger partial charge in [0.15, 0.2) is 5.78 Å². The van der Waals surface area contributed by atoms with Crippen molar-refractivity contribution < 1.29 is 9.53 Å². The van der Waals surface area contributed by atoms with Gasteiger partial charge in [0.1, 0.15) is 5.75 Å². The predicted octanol–water partition coefficient (Wildman–Crippen LogP) is 3.77. The topological polar surface area (TPSA) is 26.3 Å². The minimum absolute atomic E-state index is 0.278. The number of fused-ring (bicyclic) bond motifs is 1. The standard InChI is InChI=1S/C15H20O2/c1-3-12(4-2)17-13-8-9-14-11(10-13)6-5-7-15(14)16/h8-10,12H,3-7H2,1-2H3. The number of hydrogen-bond donors (Lipinski definition) is 0. The van der Waals surface area contributed by atoms with Crippen LogP contribution in [0.5, 0.6) is 5.75 Å². The lowest BCUT2D eigenvalue weighted by atomic mass is 9.90. The van der Waals surface area contributed by atoms with Gasteiger partial charge in [-0.05, 0) is 49.4 Å². The number of Topliss-reactive ketones (excluding diaryl/α,β-unsaturated/α-hetero) is 1. The van der Waals surface area contributed by atoms with E-state index in [0.29, 0.717) is 6.42 Å². The molecule has 0 spiro atoms. The van der Waals surface area contributed by atoms with Crippen molar-refractivity contribution in [3.63, 3.8) is 0 Å². The van der Waals surface area contributed by atoms with Gasteiger partial charge in [0.25, 0.3) is 0 Å². The lowest BCUT2D eigenvalue weighted by molar-refractivity contribution is 0.0972. The molecule has 1 aliphatic carbocycles. The van der Waals surface area contributed by atoms with Crippen LogP contribution in [0.3, 0.4) is 0 Å². The van der Waals surface area contributed by atoms with Gasteiger partial charge in [-0.1, -0.05) is 13.8 Å². The third-order valence-corrected chi connectivity index (χ3v) is 3.44. The number of benzene rings is 1. The fourth-order valence-electron chi connectivity index (χ4n) is 2.34. The highest BCUT2D eigenvalue weighted by Gasteiger charge is 2.17. The summed E-state index contributed by atoms with van der Waals surface area (Å²) in [6.07, 6.45) is 4.99. The summed E-state index contributed by atoms with van der Waals surface area (Å²) in [7, 11) is 0. The van der Waals surface area contributed by atoms with E-state index in [9.17, 15) is 4.79 Å². The van der Waals surface area contributed by atoms with Gasteiger partial charge in [0.2, 0.25) is 0 Å². The molecular weight excluding hydrogens is 212 g/mol. The molecule has 92 valence electrons. The summed E-state index contributed by atoms with van der Waals surface area (Å²) in [5, 5.41) is 0. The quantitative estimate of drug-likeness (QED) is 0.789. The van der Waals surface area contributed by atoms with Gasteiger partial charge < -0.3 is 4.74 Å². The molecule has 1 aliphatic rings. The number of hydrogen-bond acceptors (Lipinski definition) is 2. The first-order valence-corrected chi connectivity index (χ1v) is 6.57. The molecule has 1 aromatic carbocycles. The number of ketones is 1. The second-order valence-corrected chi connectivity index (χ2v) is 4.65. The van der Waals surface area contributed by atoms with Crippen molar-refractivity contribution in [3.05, 3.63) is 29.3 Å². The fourth-order valence-corrected chi connectivity index (χ4v) is 2.34. The van der Waals surface area contributed by atoms with Gasteiger partial charge >= 0.3 is 0 Å².